The first-order chi connectivity index (χ1) is 6.60. The smallest absolute Gasteiger partial charge is 0.280 e. The van der Waals surface area contributed by atoms with E-state index >= 15 is 0 Å². The van der Waals surface area contributed by atoms with E-state index in [-0.39, 0.29) is 21.5 Å². The summed E-state index contributed by atoms with van der Waals surface area (Å²) in [5.74, 6) is 0. The molecule has 1 heterocycles. The van der Waals surface area contributed by atoms with Crippen molar-refractivity contribution in [2.75, 3.05) is 0 Å². The van der Waals surface area contributed by atoms with Crippen molar-refractivity contribution < 1.29 is 13.6 Å². The van der Waals surface area contributed by atoms with Crippen molar-refractivity contribution in [3.8, 4) is 0 Å². The van der Waals surface area contributed by atoms with Crippen LogP contribution in [0.4, 0.5) is 8.78 Å². The summed E-state index contributed by atoms with van der Waals surface area (Å²) >= 11 is 1.74. The fourth-order valence-corrected chi connectivity index (χ4v) is 1.75. The molecule has 0 spiro atoms. The number of hydrogen-bond acceptors (Lipinski definition) is 3. The monoisotopic (exact) mass is 312 g/mol. The number of aldehydes is 1. The van der Waals surface area contributed by atoms with Gasteiger partial charge in [0, 0.05) is 6.54 Å². The number of carbonyl (C=O) groups excluding carboxylic acids is 1. The molecule has 14 heavy (non-hydrogen) atoms. The van der Waals surface area contributed by atoms with E-state index in [0.29, 0.717) is 11.8 Å². The van der Waals surface area contributed by atoms with Crippen molar-refractivity contribution in [3.63, 3.8) is 0 Å². The number of nitrogens with two attached hydrogens (primary N) is 1. The summed E-state index contributed by atoms with van der Waals surface area (Å²) in [4.78, 5) is 14.2. The van der Waals surface area contributed by atoms with E-state index in [1.807, 2.05) is 0 Å². The van der Waals surface area contributed by atoms with Crippen LogP contribution in [0.3, 0.4) is 0 Å². The summed E-state index contributed by atoms with van der Waals surface area (Å²) in [7, 11) is 0. The van der Waals surface area contributed by atoms with Crippen LogP contribution in [0.25, 0.3) is 0 Å². The minimum absolute atomic E-state index is 0.0479. The van der Waals surface area contributed by atoms with E-state index in [4.69, 9.17) is 5.73 Å². The van der Waals surface area contributed by atoms with Crippen LogP contribution in [0.15, 0.2) is 6.07 Å². The molecule has 0 bridgehead atoms. The van der Waals surface area contributed by atoms with Gasteiger partial charge in [0.25, 0.3) is 6.43 Å². The third kappa shape index (κ3) is 2.24. The Balaban J connectivity index is 3.31. The minimum Gasteiger partial charge on any atom is -0.326 e. The van der Waals surface area contributed by atoms with Gasteiger partial charge in [-0.3, -0.25) is 4.79 Å². The standard InChI is InChI=1S/C8H7F2IN2O/c9-7(10)6-1-4(2-12)5(3-14)8(11)13-6/h1,3,7H,2,12H2. The highest BCUT2D eigenvalue weighted by molar-refractivity contribution is 14.1. The third-order valence-corrected chi connectivity index (χ3v) is 2.50. The third-order valence-electron chi connectivity index (χ3n) is 1.68. The fourth-order valence-electron chi connectivity index (χ4n) is 1.000. The average molecular weight is 312 g/mol. The number of pyridine rings is 1. The number of rotatable bonds is 3. The van der Waals surface area contributed by atoms with Crippen molar-refractivity contribution in [3.05, 3.63) is 26.6 Å². The maximum Gasteiger partial charge on any atom is 0.280 e. The zero-order valence-electron chi connectivity index (χ0n) is 7.01. The van der Waals surface area contributed by atoms with Crippen LogP contribution < -0.4 is 5.73 Å². The molecule has 0 radical (unpaired) electrons. The Bertz CT molecular complexity index is 357. The molecule has 0 amide bonds. The van der Waals surface area contributed by atoms with Crippen molar-refractivity contribution in [2.24, 2.45) is 5.73 Å². The Morgan fingerprint density at radius 3 is 2.71 bits per heavy atom. The lowest BCUT2D eigenvalue weighted by Crippen LogP contribution is -2.07. The fraction of sp³-hybridized carbons (Fsp3) is 0.250. The molecule has 3 nitrogen and oxygen atoms in total. The van der Waals surface area contributed by atoms with Gasteiger partial charge in [0.15, 0.2) is 6.29 Å². The molecule has 0 aromatic carbocycles. The second-order valence-corrected chi connectivity index (χ2v) is 3.56. The number of halogens is 3. The van der Waals surface area contributed by atoms with Crippen LogP contribution in [0.2, 0.25) is 0 Å². The van der Waals surface area contributed by atoms with Crippen molar-refractivity contribution in [1.29, 1.82) is 0 Å². The summed E-state index contributed by atoms with van der Waals surface area (Å²) < 4.78 is 24.9. The number of alkyl halides is 2. The zero-order valence-corrected chi connectivity index (χ0v) is 9.16. The summed E-state index contributed by atoms with van der Waals surface area (Å²) in [6, 6.07) is 1.16. The lowest BCUT2D eigenvalue weighted by Gasteiger charge is -2.06. The Hall–Kier alpha value is -0.630. The molecule has 1 aromatic rings. The van der Waals surface area contributed by atoms with Crippen molar-refractivity contribution in [1.82, 2.24) is 4.98 Å². The van der Waals surface area contributed by atoms with Gasteiger partial charge in [-0.25, -0.2) is 13.8 Å². The number of nitrogens with zero attached hydrogens (tertiary/aromatic N) is 1. The lowest BCUT2D eigenvalue weighted by atomic mass is 10.1. The number of aromatic nitrogens is 1. The van der Waals surface area contributed by atoms with Gasteiger partial charge in [-0.05, 0) is 34.2 Å². The van der Waals surface area contributed by atoms with E-state index in [1.54, 1.807) is 22.6 Å². The molecule has 0 aliphatic rings. The first-order valence-corrected chi connectivity index (χ1v) is 4.80. The quantitative estimate of drug-likeness (QED) is 0.527. The van der Waals surface area contributed by atoms with E-state index in [2.05, 4.69) is 4.98 Å². The Labute approximate surface area is 92.8 Å². The minimum atomic E-state index is -2.64. The molecular formula is C8H7F2IN2O. The van der Waals surface area contributed by atoms with Crippen LogP contribution in [-0.4, -0.2) is 11.3 Å². The first kappa shape index (κ1) is 11.4. The Kier molecular flexibility index (Phi) is 3.87. The predicted octanol–water partition coefficient (Wildman–Crippen LogP) is 1.89. The van der Waals surface area contributed by atoms with Gasteiger partial charge < -0.3 is 5.73 Å². The topological polar surface area (TPSA) is 56.0 Å². The Morgan fingerprint density at radius 2 is 2.29 bits per heavy atom. The van der Waals surface area contributed by atoms with Gasteiger partial charge in [-0.15, -0.1) is 0 Å². The van der Waals surface area contributed by atoms with Crippen LogP contribution in [0.5, 0.6) is 0 Å². The molecule has 0 aliphatic carbocycles. The molecule has 0 fully saturated rings. The van der Waals surface area contributed by atoms with Gasteiger partial charge in [0.05, 0.1) is 5.56 Å². The Morgan fingerprint density at radius 1 is 1.64 bits per heavy atom. The molecule has 0 atom stereocenters. The summed E-state index contributed by atoms with van der Waals surface area (Å²) in [5, 5.41) is 0. The zero-order chi connectivity index (χ0) is 10.7. The maximum absolute atomic E-state index is 12.3. The summed E-state index contributed by atoms with van der Waals surface area (Å²) in [6.45, 7) is 0.0479. The van der Waals surface area contributed by atoms with Gasteiger partial charge in [-0.2, -0.15) is 0 Å². The highest BCUT2D eigenvalue weighted by Crippen LogP contribution is 2.21. The van der Waals surface area contributed by atoms with E-state index < -0.39 is 6.43 Å². The molecular weight excluding hydrogens is 305 g/mol. The van der Waals surface area contributed by atoms with Crippen LogP contribution in [0, 0.1) is 3.70 Å². The molecule has 0 saturated heterocycles. The molecule has 0 aliphatic heterocycles. The average Bonchev–Trinajstić information content (AvgIpc) is 2.16. The van der Waals surface area contributed by atoms with Gasteiger partial charge >= 0.3 is 0 Å². The second kappa shape index (κ2) is 4.74. The van der Waals surface area contributed by atoms with Gasteiger partial charge in [0.1, 0.15) is 9.39 Å². The summed E-state index contributed by atoms with van der Waals surface area (Å²) in [6.07, 6.45) is -2.07. The van der Waals surface area contributed by atoms with Crippen molar-refractivity contribution in [2.45, 2.75) is 13.0 Å². The normalized spacial score (nSPS) is 10.6. The molecule has 0 unspecified atom stereocenters. The molecule has 76 valence electrons. The van der Waals surface area contributed by atoms with E-state index in [9.17, 15) is 13.6 Å². The number of carbonyl (C=O) groups is 1. The largest absolute Gasteiger partial charge is 0.326 e. The number of hydrogen-bond donors (Lipinski definition) is 1. The molecule has 2 N–H and O–H groups in total. The molecule has 6 heteroatoms. The predicted molar refractivity (Wildman–Crippen MR) is 55.2 cm³/mol. The van der Waals surface area contributed by atoms with Gasteiger partial charge in [0.2, 0.25) is 0 Å². The second-order valence-electron chi connectivity index (χ2n) is 2.53. The van der Waals surface area contributed by atoms with E-state index in [1.165, 1.54) is 0 Å². The summed E-state index contributed by atoms with van der Waals surface area (Å²) in [5.41, 5.74) is 5.67. The highest BCUT2D eigenvalue weighted by atomic mass is 127. The van der Waals surface area contributed by atoms with E-state index in [0.717, 1.165) is 6.07 Å². The SMILES string of the molecule is NCc1cc(C(F)F)nc(I)c1C=O. The molecule has 1 rings (SSSR count). The molecule has 1 aromatic heterocycles. The van der Waals surface area contributed by atoms with Crippen LogP contribution >= 0.6 is 22.6 Å². The lowest BCUT2D eigenvalue weighted by molar-refractivity contribution is 0.111. The molecule has 0 saturated carbocycles. The van der Waals surface area contributed by atoms with Crippen molar-refractivity contribution >= 4 is 28.9 Å². The maximum atomic E-state index is 12.3. The van der Waals surface area contributed by atoms with Crippen LogP contribution in [-0.2, 0) is 6.54 Å². The first-order valence-electron chi connectivity index (χ1n) is 3.72. The van der Waals surface area contributed by atoms with Gasteiger partial charge in [-0.1, -0.05) is 0 Å². The highest BCUT2D eigenvalue weighted by Gasteiger charge is 2.14. The van der Waals surface area contributed by atoms with Crippen LogP contribution in [0.1, 0.15) is 28.0 Å².